The second-order valence-electron chi connectivity index (χ2n) is 6.23. The molecule has 0 N–H and O–H groups in total. The number of nitrogens with zero attached hydrogens (tertiary/aromatic N) is 2. The lowest BCUT2D eigenvalue weighted by atomic mass is 10.2. The quantitative estimate of drug-likeness (QED) is 0.760. The van der Waals surface area contributed by atoms with Crippen LogP contribution >= 0.6 is 0 Å². The summed E-state index contributed by atoms with van der Waals surface area (Å²) in [4.78, 5) is 13.9. The number of rotatable bonds is 5. The average molecular weight is 410 g/mol. The van der Waals surface area contributed by atoms with Crippen molar-refractivity contribution in [2.24, 2.45) is 0 Å². The maximum Gasteiger partial charge on any atom is 0.253 e. The van der Waals surface area contributed by atoms with E-state index < -0.39 is 21.7 Å². The monoisotopic (exact) mass is 410 g/mol. The van der Waals surface area contributed by atoms with Crippen molar-refractivity contribution in [3.8, 4) is 5.75 Å². The molecule has 1 heterocycles. The van der Waals surface area contributed by atoms with Crippen molar-refractivity contribution in [2.45, 2.75) is 11.8 Å². The molecule has 1 aliphatic heterocycles. The van der Waals surface area contributed by atoms with E-state index >= 15 is 0 Å². The molecule has 2 aromatic rings. The van der Waals surface area contributed by atoms with Crippen LogP contribution in [-0.2, 0) is 10.0 Å². The fraction of sp³-hybridized carbons (Fsp3) is 0.316. The Hall–Kier alpha value is -2.52. The first kappa shape index (κ1) is 20.2. The molecular weight excluding hydrogens is 390 g/mol. The Morgan fingerprint density at radius 1 is 1.00 bits per heavy atom. The number of carbonyl (C=O) groups excluding carboxylic acids is 1. The van der Waals surface area contributed by atoms with Crippen molar-refractivity contribution in [1.29, 1.82) is 0 Å². The normalized spacial score (nSPS) is 15.5. The van der Waals surface area contributed by atoms with Crippen LogP contribution < -0.4 is 4.74 Å². The van der Waals surface area contributed by atoms with Crippen molar-refractivity contribution in [3.05, 3.63) is 59.7 Å². The molecule has 3 rings (SSSR count). The van der Waals surface area contributed by atoms with E-state index in [1.54, 1.807) is 29.2 Å². The Balaban J connectivity index is 1.66. The molecule has 0 saturated carbocycles. The van der Waals surface area contributed by atoms with E-state index in [1.807, 2.05) is 6.92 Å². The van der Waals surface area contributed by atoms with Crippen molar-refractivity contribution >= 4 is 15.9 Å². The molecule has 0 spiro atoms. The SMILES string of the molecule is CCOc1ccc(C(=O)N2CCN(S(=O)(=O)c3ccc(F)c(F)c3)CC2)cc1. The number of halogens is 2. The van der Waals surface area contributed by atoms with Crippen molar-refractivity contribution in [3.63, 3.8) is 0 Å². The Bertz CT molecular complexity index is 956. The molecule has 0 aliphatic carbocycles. The second-order valence-corrected chi connectivity index (χ2v) is 8.17. The summed E-state index contributed by atoms with van der Waals surface area (Å²) < 4.78 is 58.2. The standard InChI is InChI=1S/C19H20F2N2O4S/c1-2-27-15-5-3-14(4-6-15)19(24)22-9-11-23(12-10-22)28(25,26)16-7-8-17(20)18(21)13-16/h3-8,13H,2,9-12H2,1H3. The van der Waals surface area contributed by atoms with Crippen LogP contribution in [-0.4, -0.2) is 56.3 Å². The summed E-state index contributed by atoms with van der Waals surface area (Å²) in [5, 5.41) is 0. The maximum atomic E-state index is 13.4. The molecule has 150 valence electrons. The zero-order valence-electron chi connectivity index (χ0n) is 15.3. The summed E-state index contributed by atoms with van der Waals surface area (Å²) in [7, 11) is -3.95. The smallest absolute Gasteiger partial charge is 0.253 e. The number of sulfonamides is 1. The van der Waals surface area contributed by atoms with Crippen LogP contribution in [0, 0.1) is 11.6 Å². The van der Waals surface area contributed by atoms with Gasteiger partial charge in [-0.15, -0.1) is 0 Å². The Kier molecular flexibility index (Phi) is 5.95. The molecule has 0 bridgehead atoms. The van der Waals surface area contributed by atoms with E-state index in [9.17, 15) is 22.0 Å². The van der Waals surface area contributed by atoms with Gasteiger partial charge in [0, 0.05) is 31.7 Å². The Labute approximate surface area is 162 Å². The molecule has 1 amide bonds. The zero-order chi connectivity index (χ0) is 20.3. The van der Waals surface area contributed by atoms with Crippen LogP contribution in [0.4, 0.5) is 8.78 Å². The molecule has 1 fully saturated rings. The highest BCUT2D eigenvalue weighted by Gasteiger charge is 2.31. The summed E-state index contributed by atoms with van der Waals surface area (Å²) >= 11 is 0. The maximum absolute atomic E-state index is 13.4. The van der Waals surface area contributed by atoms with E-state index in [0.717, 1.165) is 12.1 Å². The Morgan fingerprint density at radius 3 is 2.21 bits per heavy atom. The third kappa shape index (κ3) is 4.15. The van der Waals surface area contributed by atoms with E-state index in [4.69, 9.17) is 4.74 Å². The lowest BCUT2D eigenvalue weighted by Gasteiger charge is -2.34. The van der Waals surface area contributed by atoms with E-state index in [1.165, 1.54) is 4.31 Å². The number of ether oxygens (including phenoxy) is 1. The molecular formula is C19H20F2N2O4S. The minimum absolute atomic E-state index is 0.0735. The van der Waals surface area contributed by atoms with Crippen molar-refractivity contribution in [1.82, 2.24) is 9.21 Å². The van der Waals surface area contributed by atoms with E-state index in [2.05, 4.69) is 0 Å². The number of amides is 1. The van der Waals surface area contributed by atoms with Gasteiger partial charge in [0.15, 0.2) is 11.6 Å². The molecule has 9 heteroatoms. The van der Waals surface area contributed by atoms with Gasteiger partial charge in [0.25, 0.3) is 5.91 Å². The number of piperazine rings is 1. The van der Waals surface area contributed by atoms with Crippen LogP contribution in [0.25, 0.3) is 0 Å². The van der Waals surface area contributed by atoms with Crippen LogP contribution in [0.1, 0.15) is 17.3 Å². The minimum Gasteiger partial charge on any atom is -0.494 e. The van der Waals surface area contributed by atoms with Crippen LogP contribution in [0.2, 0.25) is 0 Å². The van der Waals surface area contributed by atoms with E-state index in [0.29, 0.717) is 24.0 Å². The van der Waals surface area contributed by atoms with Gasteiger partial charge >= 0.3 is 0 Å². The van der Waals surface area contributed by atoms with Crippen LogP contribution in [0.3, 0.4) is 0 Å². The second kappa shape index (κ2) is 8.24. The largest absolute Gasteiger partial charge is 0.494 e. The third-order valence-corrected chi connectivity index (χ3v) is 6.36. The third-order valence-electron chi connectivity index (χ3n) is 4.47. The van der Waals surface area contributed by atoms with Gasteiger partial charge in [-0.1, -0.05) is 0 Å². The van der Waals surface area contributed by atoms with Gasteiger partial charge in [-0.25, -0.2) is 17.2 Å². The first-order valence-corrected chi connectivity index (χ1v) is 10.2. The van der Waals surface area contributed by atoms with Gasteiger partial charge < -0.3 is 9.64 Å². The predicted molar refractivity (Wildman–Crippen MR) is 98.6 cm³/mol. The molecule has 1 saturated heterocycles. The van der Waals surface area contributed by atoms with Crippen LogP contribution in [0.5, 0.6) is 5.75 Å². The fourth-order valence-electron chi connectivity index (χ4n) is 2.96. The number of benzene rings is 2. The Morgan fingerprint density at radius 2 is 1.64 bits per heavy atom. The van der Waals surface area contributed by atoms with Crippen molar-refractivity contribution < 1.29 is 26.7 Å². The number of hydrogen-bond donors (Lipinski definition) is 0. The molecule has 0 aromatic heterocycles. The average Bonchev–Trinajstić information content (AvgIpc) is 2.70. The highest BCUT2D eigenvalue weighted by Crippen LogP contribution is 2.21. The number of hydrogen-bond acceptors (Lipinski definition) is 4. The molecule has 0 radical (unpaired) electrons. The highest BCUT2D eigenvalue weighted by atomic mass is 32.2. The first-order chi connectivity index (χ1) is 13.3. The zero-order valence-corrected chi connectivity index (χ0v) is 16.1. The lowest BCUT2D eigenvalue weighted by Crippen LogP contribution is -2.50. The van der Waals surface area contributed by atoms with Gasteiger partial charge in [0.1, 0.15) is 5.75 Å². The lowest BCUT2D eigenvalue weighted by molar-refractivity contribution is 0.0698. The number of carbonyl (C=O) groups is 1. The predicted octanol–water partition coefficient (Wildman–Crippen LogP) is 2.51. The van der Waals surface area contributed by atoms with E-state index in [-0.39, 0.29) is 37.0 Å². The van der Waals surface area contributed by atoms with Gasteiger partial charge in [-0.3, -0.25) is 4.79 Å². The van der Waals surface area contributed by atoms with Crippen molar-refractivity contribution in [2.75, 3.05) is 32.8 Å². The van der Waals surface area contributed by atoms with Gasteiger partial charge in [0.2, 0.25) is 10.0 Å². The van der Waals surface area contributed by atoms with Crippen LogP contribution in [0.15, 0.2) is 47.4 Å². The summed E-state index contributed by atoms with van der Waals surface area (Å²) in [6.07, 6.45) is 0. The van der Waals surface area contributed by atoms with Gasteiger partial charge in [-0.05, 0) is 49.4 Å². The fourth-order valence-corrected chi connectivity index (χ4v) is 4.40. The summed E-state index contributed by atoms with van der Waals surface area (Å²) in [6, 6.07) is 9.23. The summed E-state index contributed by atoms with van der Waals surface area (Å²) in [6.45, 7) is 2.95. The topological polar surface area (TPSA) is 66.9 Å². The minimum atomic E-state index is -3.95. The molecule has 1 aliphatic rings. The van der Waals surface area contributed by atoms with Gasteiger partial charge in [-0.2, -0.15) is 4.31 Å². The molecule has 0 unspecified atom stereocenters. The van der Waals surface area contributed by atoms with Gasteiger partial charge in [0.05, 0.1) is 11.5 Å². The summed E-state index contributed by atoms with van der Waals surface area (Å²) in [5.74, 6) is -1.86. The summed E-state index contributed by atoms with van der Waals surface area (Å²) in [5.41, 5.74) is 0.486. The highest BCUT2D eigenvalue weighted by molar-refractivity contribution is 7.89. The molecule has 28 heavy (non-hydrogen) atoms. The molecule has 2 aromatic carbocycles. The molecule has 0 atom stereocenters. The first-order valence-electron chi connectivity index (χ1n) is 8.80. The molecule has 6 nitrogen and oxygen atoms in total.